The van der Waals surface area contributed by atoms with Crippen molar-refractivity contribution in [3.8, 4) is 5.75 Å². The number of nitrogens with one attached hydrogen (secondary N) is 1. The van der Waals surface area contributed by atoms with E-state index in [2.05, 4.69) is 22.0 Å². The minimum absolute atomic E-state index is 0. The summed E-state index contributed by atoms with van der Waals surface area (Å²) >= 11 is 0. The van der Waals surface area contributed by atoms with Gasteiger partial charge in [-0.25, -0.2) is 0 Å². The molecule has 160 valence electrons. The highest BCUT2D eigenvalue weighted by Crippen LogP contribution is 2.25. The maximum absolute atomic E-state index is 12.6. The zero-order chi connectivity index (χ0) is 18.2. The third kappa shape index (κ3) is 7.78. The molecule has 1 unspecified atom stereocenters. The van der Waals surface area contributed by atoms with Crippen molar-refractivity contribution in [2.45, 2.75) is 26.2 Å². The molecule has 0 aliphatic carbocycles. The van der Waals surface area contributed by atoms with Crippen LogP contribution in [0.15, 0.2) is 30.3 Å². The normalized spacial score (nSPS) is 19.2. The fraction of sp³-hybridized carbons (Fsp3) is 0.667. The van der Waals surface area contributed by atoms with E-state index < -0.39 is 0 Å². The van der Waals surface area contributed by atoms with Crippen LogP contribution in [0.25, 0.3) is 0 Å². The lowest BCUT2D eigenvalue weighted by Gasteiger charge is -2.36. The van der Waals surface area contributed by atoms with Gasteiger partial charge in [0, 0.05) is 39.1 Å². The fourth-order valence-electron chi connectivity index (χ4n) is 4.01. The number of amides is 1. The molecular formula is C21H35Cl2N3O2. The van der Waals surface area contributed by atoms with Crippen LogP contribution in [-0.2, 0) is 4.79 Å². The number of benzene rings is 1. The van der Waals surface area contributed by atoms with Crippen molar-refractivity contribution >= 4 is 30.7 Å². The zero-order valence-electron chi connectivity index (χ0n) is 16.8. The van der Waals surface area contributed by atoms with Gasteiger partial charge in [0.2, 0.25) is 5.91 Å². The van der Waals surface area contributed by atoms with E-state index in [-0.39, 0.29) is 24.8 Å². The maximum Gasteiger partial charge on any atom is 0.222 e. The Kier molecular flexibility index (Phi) is 11.8. The van der Waals surface area contributed by atoms with Gasteiger partial charge in [-0.1, -0.05) is 25.1 Å². The number of piperazine rings is 1. The average molecular weight is 432 g/mol. The lowest BCUT2D eigenvalue weighted by atomic mass is 9.84. The highest BCUT2D eigenvalue weighted by Gasteiger charge is 2.26. The third-order valence-corrected chi connectivity index (χ3v) is 5.83. The molecule has 3 rings (SSSR count). The molecular weight excluding hydrogens is 397 g/mol. The number of carbonyl (C=O) groups excluding carboxylic acids is 1. The Hall–Kier alpha value is -1.01. The standard InChI is InChI=1S/C21H33N3O2.2ClH/c1-18(19-7-9-22-10-8-19)17-21(25)24-13-11-23(12-14-24)15-16-26-20-5-3-2-4-6-20;;/h2-6,18-19,22H,7-17H2,1H3;2*1H. The number of piperidine rings is 1. The van der Waals surface area contributed by atoms with Gasteiger partial charge in [-0.15, -0.1) is 24.8 Å². The smallest absolute Gasteiger partial charge is 0.222 e. The minimum Gasteiger partial charge on any atom is -0.492 e. The molecule has 1 aromatic carbocycles. The number of carbonyl (C=O) groups is 1. The van der Waals surface area contributed by atoms with E-state index in [4.69, 9.17) is 4.74 Å². The molecule has 2 heterocycles. The third-order valence-electron chi connectivity index (χ3n) is 5.83. The SMILES string of the molecule is CC(CC(=O)N1CCN(CCOc2ccccc2)CC1)C1CCNCC1.Cl.Cl. The zero-order valence-corrected chi connectivity index (χ0v) is 18.5. The van der Waals surface area contributed by atoms with Gasteiger partial charge in [0.1, 0.15) is 12.4 Å². The molecule has 7 heteroatoms. The molecule has 2 saturated heterocycles. The number of nitrogens with zero attached hydrogens (tertiary/aromatic N) is 2. The van der Waals surface area contributed by atoms with Crippen molar-refractivity contribution in [2.24, 2.45) is 11.8 Å². The molecule has 0 radical (unpaired) electrons. The Morgan fingerprint density at radius 3 is 2.39 bits per heavy atom. The van der Waals surface area contributed by atoms with Crippen molar-refractivity contribution < 1.29 is 9.53 Å². The molecule has 28 heavy (non-hydrogen) atoms. The molecule has 1 atom stereocenters. The second-order valence-electron chi connectivity index (χ2n) is 7.65. The van der Waals surface area contributed by atoms with Crippen molar-refractivity contribution in [2.75, 3.05) is 52.4 Å². The van der Waals surface area contributed by atoms with Gasteiger partial charge in [-0.3, -0.25) is 9.69 Å². The van der Waals surface area contributed by atoms with Crippen LogP contribution >= 0.6 is 24.8 Å². The van der Waals surface area contributed by atoms with E-state index in [1.807, 2.05) is 30.3 Å². The summed E-state index contributed by atoms with van der Waals surface area (Å²) in [5, 5.41) is 3.41. The summed E-state index contributed by atoms with van der Waals surface area (Å²) in [6.45, 7) is 9.68. The monoisotopic (exact) mass is 431 g/mol. The van der Waals surface area contributed by atoms with Crippen LogP contribution in [0.2, 0.25) is 0 Å². The first-order valence-corrected chi connectivity index (χ1v) is 10.1. The van der Waals surface area contributed by atoms with Gasteiger partial charge in [0.15, 0.2) is 0 Å². The summed E-state index contributed by atoms with van der Waals surface area (Å²) in [6.07, 6.45) is 3.13. The molecule has 2 fully saturated rings. The summed E-state index contributed by atoms with van der Waals surface area (Å²) in [4.78, 5) is 17.1. The number of rotatable bonds is 7. The predicted octanol–water partition coefficient (Wildman–Crippen LogP) is 3.08. The fourth-order valence-corrected chi connectivity index (χ4v) is 4.01. The highest BCUT2D eigenvalue weighted by atomic mass is 35.5. The number of para-hydroxylation sites is 1. The quantitative estimate of drug-likeness (QED) is 0.720. The van der Waals surface area contributed by atoms with Crippen molar-refractivity contribution in [1.29, 1.82) is 0 Å². The Morgan fingerprint density at radius 1 is 1.11 bits per heavy atom. The average Bonchev–Trinajstić information content (AvgIpc) is 2.70. The van der Waals surface area contributed by atoms with Gasteiger partial charge in [-0.05, 0) is 49.9 Å². The summed E-state index contributed by atoms with van der Waals surface area (Å²) in [7, 11) is 0. The van der Waals surface area contributed by atoms with Crippen molar-refractivity contribution in [3.63, 3.8) is 0 Å². The molecule has 2 aliphatic heterocycles. The Bertz CT molecular complexity index is 548. The van der Waals surface area contributed by atoms with Crippen LogP contribution in [0.3, 0.4) is 0 Å². The van der Waals surface area contributed by atoms with Crippen LogP contribution in [0, 0.1) is 11.8 Å². The van der Waals surface area contributed by atoms with Crippen LogP contribution in [0.1, 0.15) is 26.2 Å². The van der Waals surface area contributed by atoms with Crippen LogP contribution in [0.5, 0.6) is 5.75 Å². The summed E-state index contributed by atoms with van der Waals surface area (Å²) in [5.41, 5.74) is 0. The van der Waals surface area contributed by atoms with Crippen LogP contribution < -0.4 is 10.1 Å². The Balaban J connectivity index is 0.00000196. The highest BCUT2D eigenvalue weighted by molar-refractivity contribution is 5.85. The van der Waals surface area contributed by atoms with E-state index in [1.165, 1.54) is 12.8 Å². The van der Waals surface area contributed by atoms with E-state index in [9.17, 15) is 4.79 Å². The molecule has 0 bridgehead atoms. The van der Waals surface area contributed by atoms with Crippen LogP contribution in [-0.4, -0.2) is 68.1 Å². The van der Waals surface area contributed by atoms with Gasteiger partial charge >= 0.3 is 0 Å². The summed E-state index contributed by atoms with van der Waals surface area (Å²) < 4.78 is 5.78. The lowest BCUT2D eigenvalue weighted by molar-refractivity contribution is -0.134. The second-order valence-corrected chi connectivity index (χ2v) is 7.65. The van der Waals surface area contributed by atoms with E-state index in [1.54, 1.807) is 0 Å². The molecule has 0 aromatic heterocycles. The topological polar surface area (TPSA) is 44.8 Å². The first kappa shape index (κ1) is 25.0. The largest absolute Gasteiger partial charge is 0.492 e. The summed E-state index contributed by atoms with van der Waals surface area (Å²) in [5.74, 6) is 2.47. The first-order valence-electron chi connectivity index (χ1n) is 10.1. The number of hydrogen-bond donors (Lipinski definition) is 1. The number of hydrogen-bond acceptors (Lipinski definition) is 4. The van der Waals surface area contributed by atoms with Crippen molar-refractivity contribution in [1.82, 2.24) is 15.1 Å². The lowest BCUT2D eigenvalue weighted by Crippen LogP contribution is -2.50. The summed E-state index contributed by atoms with van der Waals surface area (Å²) in [6, 6.07) is 9.95. The first-order chi connectivity index (χ1) is 12.7. The minimum atomic E-state index is 0. The van der Waals surface area contributed by atoms with E-state index in [0.29, 0.717) is 30.8 Å². The molecule has 0 saturated carbocycles. The second kappa shape index (κ2) is 13.3. The van der Waals surface area contributed by atoms with Gasteiger partial charge in [0.25, 0.3) is 0 Å². The molecule has 0 spiro atoms. The maximum atomic E-state index is 12.6. The molecule has 1 aromatic rings. The molecule has 5 nitrogen and oxygen atoms in total. The number of halogens is 2. The molecule has 1 amide bonds. The van der Waals surface area contributed by atoms with Gasteiger partial charge in [0.05, 0.1) is 0 Å². The van der Waals surface area contributed by atoms with Crippen molar-refractivity contribution in [3.05, 3.63) is 30.3 Å². The van der Waals surface area contributed by atoms with E-state index >= 15 is 0 Å². The molecule has 2 aliphatic rings. The predicted molar refractivity (Wildman–Crippen MR) is 119 cm³/mol. The van der Waals surface area contributed by atoms with E-state index in [0.717, 1.165) is 51.6 Å². The van der Waals surface area contributed by atoms with Gasteiger partial charge < -0.3 is 15.0 Å². The molecule has 1 N–H and O–H groups in total. The Labute approximate surface area is 182 Å². The number of ether oxygens (including phenoxy) is 1. The van der Waals surface area contributed by atoms with Gasteiger partial charge in [-0.2, -0.15) is 0 Å². The van der Waals surface area contributed by atoms with Crippen LogP contribution in [0.4, 0.5) is 0 Å². The Morgan fingerprint density at radius 2 is 1.75 bits per heavy atom.